The Kier molecular flexibility index (Phi) is 4.03. The molecule has 0 saturated carbocycles. The summed E-state index contributed by atoms with van der Waals surface area (Å²) in [6, 6.07) is 11.8. The highest BCUT2D eigenvalue weighted by Crippen LogP contribution is 2.25. The van der Waals surface area contributed by atoms with Crippen molar-refractivity contribution in [3.63, 3.8) is 0 Å². The third-order valence-electron chi connectivity index (χ3n) is 2.68. The van der Waals surface area contributed by atoms with Gasteiger partial charge in [-0.2, -0.15) is 5.26 Å². The zero-order valence-corrected chi connectivity index (χ0v) is 10.2. The van der Waals surface area contributed by atoms with Gasteiger partial charge < -0.3 is 9.64 Å². The van der Waals surface area contributed by atoms with Crippen LogP contribution in [0, 0.1) is 11.3 Å². The summed E-state index contributed by atoms with van der Waals surface area (Å²) in [6.45, 7) is 2.88. The Balaban J connectivity index is 2.36. The van der Waals surface area contributed by atoms with E-state index in [4.69, 9.17) is 21.6 Å². The molecule has 1 fully saturated rings. The van der Waals surface area contributed by atoms with Crippen LogP contribution in [0.1, 0.15) is 5.56 Å². The first-order valence-corrected chi connectivity index (χ1v) is 5.88. The lowest BCUT2D eigenvalue weighted by Crippen LogP contribution is -2.35. The predicted octanol–water partition coefficient (Wildman–Crippen LogP) is 2.45. The monoisotopic (exact) mass is 248 g/mol. The van der Waals surface area contributed by atoms with Gasteiger partial charge in [-0.05, 0) is 0 Å². The molecule has 0 N–H and O–H groups in total. The van der Waals surface area contributed by atoms with Crippen molar-refractivity contribution in [2.24, 2.45) is 0 Å². The molecule has 1 aromatic rings. The molecule has 0 unspecified atom stereocenters. The minimum Gasteiger partial charge on any atom is -0.378 e. The molecule has 0 aromatic heterocycles. The summed E-state index contributed by atoms with van der Waals surface area (Å²) in [5.41, 5.74) is 1.78. The smallest absolute Gasteiger partial charge is 0.142 e. The molecule has 0 atom stereocenters. The number of nitrogens with zero attached hydrogens (tertiary/aromatic N) is 2. The summed E-state index contributed by atoms with van der Waals surface area (Å²) in [5.74, 6) is 0. The molecule has 1 aromatic carbocycles. The zero-order chi connectivity index (χ0) is 12.1. The van der Waals surface area contributed by atoms with E-state index in [9.17, 15) is 0 Å². The molecule has 88 valence electrons. The Morgan fingerprint density at radius 3 is 2.47 bits per heavy atom. The molecule has 1 aliphatic heterocycles. The van der Waals surface area contributed by atoms with Crippen molar-refractivity contribution in [2.45, 2.75) is 0 Å². The van der Waals surface area contributed by atoms with Gasteiger partial charge in [0.1, 0.15) is 11.1 Å². The minimum absolute atomic E-state index is 0.234. The Hall–Kier alpha value is -1.50. The summed E-state index contributed by atoms with van der Waals surface area (Å²) < 4.78 is 5.31. The molecule has 2 rings (SSSR count). The third-order valence-corrected chi connectivity index (χ3v) is 2.94. The standard InChI is InChI=1S/C13H13ClN2O/c14-12(10-15)13(11-4-2-1-3-5-11)16-6-8-17-9-7-16/h1-5H,6-9H2/b13-12+. The van der Waals surface area contributed by atoms with Gasteiger partial charge in [-0.15, -0.1) is 0 Å². The van der Waals surface area contributed by atoms with Crippen molar-refractivity contribution in [3.8, 4) is 6.07 Å². The molecule has 1 saturated heterocycles. The average molecular weight is 249 g/mol. The molecule has 17 heavy (non-hydrogen) atoms. The number of hydrogen-bond donors (Lipinski definition) is 0. The van der Waals surface area contributed by atoms with Crippen LogP contribution in [0.3, 0.4) is 0 Å². The Morgan fingerprint density at radius 1 is 1.24 bits per heavy atom. The van der Waals surface area contributed by atoms with Crippen LogP contribution in [0.2, 0.25) is 0 Å². The van der Waals surface area contributed by atoms with Gasteiger partial charge in [0.15, 0.2) is 0 Å². The second-order valence-electron chi connectivity index (χ2n) is 3.74. The lowest BCUT2D eigenvalue weighted by molar-refractivity contribution is 0.0639. The summed E-state index contributed by atoms with van der Waals surface area (Å²) in [5, 5.41) is 9.23. The molecule has 0 radical (unpaired) electrons. The molecule has 0 spiro atoms. The lowest BCUT2D eigenvalue weighted by Gasteiger charge is -2.31. The highest BCUT2D eigenvalue weighted by molar-refractivity contribution is 6.34. The van der Waals surface area contributed by atoms with E-state index in [2.05, 4.69) is 4.90 Å². The molecule has 3 nitrogen and oxygen atoms in total. The highest BCUT2D eigenvalue weighted by atomic mass is 35.5. The van der Waals surface area contributed by atoms with E-state index < -0.39 is 0 Å². The number of nitriles is 1. The van der Waals surface area contributed by atoms with Gasteiger partial charge in [0.2, 0.25) is 0 Å². The van der Waals surface area contributed by atoms with Gasteiger partial charge in [-0.3, -0.25) is 0 Å². The van der Waals surface area contributed by atoms with Crippen LogP contribution >= 0.6 is 11.6 Å². The number of hydrogen-bond acceptors (Lipinski definition) is 3. The maximum Gasteiger partial charge on any atom is 0.142 e. The largest absolute Gasteiger partial charge is 0.378 e. The van der Waals surface area contributed by atoms with Gasteiger partial charge in [0.25, 0.3) is 0 Å². The summed E-state index contributed by atoms with van der Waals surface area (Å²) >= 11 is 6.04. The van der Waals surface area contributed by atoms with E-state index in [1.54, 1.807) is 0 Å². The van der Waals surface area contributed by atoms with Crippen LogP contribution in [-0.4, -0.2) is 31.2 Å². The van der Waals surface area contributed by atoms with E-state index in [0.717, 1.165) is 24.4 Å². The van der Waals surface area contributed by atoms with Gasteiger partial charge in [0.05, 0.1) is 18.9 Å². The maximum atomic E-state index is 9.00. The Bertz CT molecular complexity index is 444. The zero-order valence-electron chi connectivity index (χ0n) is 9.40. The second-order valence-corrected chi connectivity index (χ2v) is 4.12. The quantitative estimate of drug-likeness (QED) is 0.755. The summed E-state index contributed by atoms with van der Waals surface area (Å²) in [4.78, 5) is 2.10. The molecule has 0 amide bonds. The van der Waals surface area contributed by atoms with Crippen molar-refractivity contribution in [3.05, 3.63) is 40.9 Å². The lowest BCUT2D eigenvalue weighted by atomic mass is 10.1. The van der Waals surface area contributed by atoms with Crippen LogP contribution < -0.4 is 0 Å². The first-order chi connectivity index (χ1) is 8.33. The minimum atomic E-state index is 0.234. The Morgan fingerprint density at radius 2 is 1.88 bits per heavy atom. The summed E-state index contributed by atoms with van der Waals surface area (Å²) in [7, 11) is 0. The van der Waals surface area contributed by atoms with Crippen molar-refractivity contribution in [1.29, 1.82) is 5.26 Å². The van der Waals surface area contributed by atoms with Crippen molar-refractivity contribution in [2.75, 3.05) is 26.3 Å². The van der Waals surface area contributed by atoms with Crippen LogP contribution in [0.5, 0.6) is 0 Å². The van der Waals surface area contributed by atoms with E-state index in [0.29, 0.717) is 13.2 Å². The molecular formula is C13H13ClN2O. The average Bonchev–Trinajstić information content (AvgIpc) is 2.41. The predicted molar refractivity (Wildman–Crippen MR) is 67.2 cm³/mol. The molecular weight excluding hydrogens is 236 g/mol. The SMILES string of the molecule is N#C/C(Cl)=C(/c1ccccc1)N1CCOCC1. The topological polar surface area (TPSA) is 36.3 Å². The van der Waals surface area contributed by atoms with Crippen molar-refractivity contribution < 1.29 is 4.74 Å². The highest BCUT2D eigenvalue weighted by Gasteiger charge is 2.18. The Labute approximate surface area is 106 Å². The van der Waals surface area contributed by atoms with Gasteiger partial charge in [-0.1, -0.05) is 41.9 Å². The fraction of sp³-hybridized carbons (Fsp3) is 0.308. The molecule has 0 bridgehead atoms. The maximum absolute atomic E-state index is 9.00. The number of morpholine rings is 1. The molecule has 4 heteroatoms. The molecule has 1 aliphatic rings. The van der Waals surface area contributed by atoms with Crippen molar-refractivity contribution >= 4 is 17.3 Å². The fourth-order valence-corrected chi connectivity index (χ4v) is 2.11. The molecule has 0 aliphatic carbocycles. The number of halogens is 1. The number of rotatable bonds is 2. The molecule has 1 heterocycles. The number of benzene rings is 1. The fourth-order valence-electron chi connectivity index (χ4n) is 1.88. The van der Waals surface area contributed by atoms with E-state index >= 15 is 0 Å². The van der Waals surface area contributed by atoms with E-state index in [-0.39, 0.29) is 5.03 Å². The van der Waals surface area contributed by atoms with Gasteiger partial charge in [0, 0.05) is 18.7 Å². The van der Waals surface area contributed by atoms with Gasteiger partial charge in [-0.25, -0.2) is 0 Å². The van der Waals surface area contributed by atoms with Crippen molar-refractivity contribution in [1.82, 2.24) is 4.90 Å². The van der Waals surface area contributed by atoms with Crippen LogP contribution in [0.25, 0.3) is 5.70 Å². The van der Waals surface area contributed by atoms with Crippen LogP contribution in [-0.2, 0) is 4.74 Å². The summed E-state index contributed by atoms with van der Waals surface area (Å²) in [6.07, 6.45) is 0. The first kappa shape index (κ1) is 12.0. The third kappa shape index (κ3) is 2.79. The number of ether oxygens (including phenoxy) is 1. The normalized spacial score (nSPS) is 17.3. The van der Waals surface area contributed by atoms with Crippen LogP contribution in [0.4, 0.5) is 0 Å². The number of allylic oxidation sites excluding steroid dienone is 1. The second kappa shape index (κ2) is 5.72. The first-order valence-electron chi connectivity index (χ1n) is 5.51. The van der Waals surface area contributed by atoms with Crippen LogP contribution in [0.15, 0.2) is 35.4 Å². The van der Waals surface area contributed by atoms with Gasteiger partial charge >= 0.3 is 0 Å². The van der Waals surface area contributed by atoms with E-state index in [1.165, 1.54) is 0 Å². The van der Waals surface area contributed by atoms with E-state index in [1.807, 2.05) is 36.4 Å².